The number of aliphatic carboxylic acids is 1. The number of carboxylic acid groups (broad SMARTS) is 2. The molecule has 0 saturated carbocycles. The molecule has 0 saturated heterocycles. The Morgan fingerprint density at radius 1 is 0.485 bits per heavy atom. The average Bonchev–Trinajstić information content (AvgIpc) is 1.27. The van der Waals surface area contributed by atoms with Crippen molar-refractivity contribution in [3.63, 3.8) is 0 Å². The second-order valence-corrected chi connectivity index (χ2v) is 27.2. The molecule has 512 valence electrons. The first-order valence-corrected chi connectivity index (χ1v) is 37.2. The predicted octanol–water partition coefficient (Wildman–Crippen LogP) is 15.4. The van der Waals surface area contributed by atoms with Crippen LogP contribution in [-0.4, -0.2) is 127 Å². The number of ether oxygens (including phenoxy) is 1. The number of thioether (sulfide) groups is 2. The number of hydrogen-bond donors (Lipinski definition) is 4. The van der Waals surface area contributed by atoms with Crippen LogP contribution in [0.15, 0.2) is 236 Å². The van der Waals surface area contributed by atoms with E-state index < -0.39 is 35.9 Å². The first kappa shape index (κ1) is 72.8. The van der Waals surface area contributed by atoms with Crippen LogP contribution < -0.4 is 10.6 Å². The van der Waals surface area contributed by atoms with Crippen molar-refractivity contribution in [1.29, 1.82) is 0 Å². The van der Waals surface area contributed by atoms with E-state index in [-0.39, 0.29) is 11.5 Å². The quantitative estimate of drug-likeness (QED) is 0.0333. The lowest BCUT2D eigenvalue weighted by atomic mass is 9.95. The van der Waals surface area contributed by atoms with Gasteiger partial charge in [-0.3, -0.25) is 9.59 Å². The molecule has 24 heteroatoms. The SMILES string of the molecule is COC(=O)[C@H](CCSC)NC(=O)c1ccc(/C=C(/Cn2ccnc2)c2nccs2)cc1-c1ccccc1.CSCC[C@H](NC(=O)c1ccc(/C=C(/Cn2ccnc2)c2nccs2)cc1-c1ccccc1)C(=O)O.O=C(O)c1cc(/C=C(/Cn2ccnc2)c2nccs2)cc(-c2ccccc2)c1. The van der Waals surface area contributed by atoms with Crippen LogP contribution in [0.4, 0.5) is 0 Å². The van der Waals surface area contributed by atoms with Crippen molar-refractivity contribution in [2.45, 2.75) is 44.6 Å². The largest absolute Gasteiger partial charge is 0.480 e. The maximum atomic E-state index is 13.4. The predicted molar refractivity (Wildman–Crippen MR) is 407 cm³/mol. The molecule has 2 atom stereocenters. The number of allylic oxidation sites excluding steroid dienone is 3. The van der Waals surface area contributed by atoms with E-state index >= 15 is 0 Å². The number of imidazole rings is 3. The van der Waals surface area contributed by atoms with Gasteiger partial charge in [0.15, 0.2) is 0 Å². The van der Waals surface area contributed by atoms with Crippen LogP contribution in [0.5, 0.6) is 0 Å². The summed E-state index contributed by atoms with van der Waals surface area (Å²) < 4.78 is 10.9. The van der Waals surface area contributed by atoms with Gasteiger partial charge in [-0.25, -0.2) is 44.3 Å². The van der Waals surface area contributed by atoms with Gasteiger partial charge in [0.1, 0.15) is 27.1 Å². The highest BCUT2D eigenvalue weighted by Crippen LogP contribution is 2.33. The minimum Gasteiger partial charge on any atom is -0.480 e. The van der Waals surface area contributed by atoms with E-state index in [0.29, 0.717) is 49.4 Å². The third kappa shape index (κ3) is 21.1. The Labute approximate surface area is 605 Å². The summed E-state index contributed by atoms with van der Waals surface area (Å²) in [4.78, 5) is 88.1. The van der Waals surface area contributed by atoms with Gasteiger partial charge in [0.05, 0.1) is 51.3 Å². The molecule has 0 unspecified atom stereocenters. The summed E-state index contributed by atoms with van der Waals surface area (Å²) >= 11 is 7.85. The summed E-state index contributed by atoms with van der Waals surface area (Å²) in [6, 6.07) is 44.2. The van der Waals surface area contributed by atoms with E-state index in [0.717, 1.165) is 87.6 Å². The molecular formula is C77H71N11O8S5. The van der Waals surface area contributed by atoms with Crippen LogP contribution in [-0.2, 0) is 34.0 Å². The molecule has 0 radical (unpaired) electrons. The number of nitrogens with one attached hydrogen (secondary N) is 2. The van der Waals surface area contributed by atoms with Crippen molar-refractivity contribution >= 4 is 122 Å². The third-order valence-corrected chi connectivity index (χ3v) is 19.4. The van der Waals surface area contributed by atoms with Crippen LogP contribution in [0, 0.1) is 0 Å². The zero-order valence-corrected chi connectivity index (χ0v) is 59.3. The number of carbonyl (C=O) groups excluding carboxylic acids is 3. The fraction of sp³-hybridized carbons (Fsp3) is 0.156. The Kier molecular flexibility index (Phi) is 26.9. The van der Waals surface area contributed by atoms with Gasteiger partial charge in [0.2, 0.25) is 0 Å². The summed E-state index contributed by atoms with van der Waals surface area (Å²) in [7, 11) is 1.33. The van der Waals surface area contributed by atoms with Crippen LogP contribution in [0.1, 0.15) is 75.6 Å². The molecule has 0 spiro atoms. The van der Waals surface area contributed by atoms with Gasteiger partial charge in [-0.05, 0) is 148 Å². The summed E-state index contributed by atoms with van der Waals surface area (Å²) in [6.45, 7) is 1.82. The van der Waals surface area contributed by atoms with Gasteiger partial charge in [-0.15, -0.1) is 34.0 Å². The second-order valence-electron chi connectivity index (χ2n) is 22.6. The lowest BCUT2D eigenvalue weighted by molar-refractivity contribution is -0.143. The number of esters is 1. The Morgan fingerprint density at radius 2 is 0.891 bits per heavy atom. The highest BCUT2D eigenvalue weighted by Gasteiger charge is 2.25. The average molecular weight is 1440 g/mol. The summed E-state index contributed by atoms with van der Waals surface area (Å²) in [5, 5.41) is 33.3. The number of hydrogen-bond acceptors (Lipinski definition) is 17. The number of carbonyl (C=O) groups is 5. The van der Waals surface area contributed by atoms with E-state index in [1.807, 2.05) is 194 Å². The van der Waals surface area contributed by atoms with Crippen LogP contribution in [0.25, 0.3) is 68.3 Å². The van der Waals surface area contributed by atoms with Crippen molar-refractivity contribution < 1.29 is 38.9 Å². The van der Waals surface area contributed by atoms with Crippen LogP contribution in [0.3, 0.4) is 0 Å². The molecule has 0 fully saturated rings. The number of carboxylic acids is 2. The van der Waals surface area contributed by atoms with E-state index in [9.17, 15) is 34.2 Å². The molecule has 0 bridgehead atoms. The van der Waals surface area contributed by atoms with E-state index in [1.54, 1.807) is 132 Å². The summed E-state index contributed by atoms with van der Waals surface area (Å²) in [6.07, 6.45) is 32.4. The molecule has 19 nitrogen and oxygen atoms in total. The van der Waals surface area contributed by atoms with E-state index in [2.05, 4.69) is 52.7 Å². The van der Waals surface area contributed by atoms with Crippen LogP contribution in [0.2, 0.25) is 0 Å². The number of aromatic carboxylic acids is 1. The topological polar surface area (TPSA) is 251 Å². The zero-order chi connectivity index (χ0) is 70.7. The lowest BCUT2D eigenvalue weighted by Crippen LogP contribution is -2.42. The Morgan fingerprint density at radius 3 is 1.26 bits per heavy atom. The van der Waals surface area contributed by atoms with Gasteiger partial charge in [-0.1, -0.05) is 103 Å². The van der Waals surface area contributed by atoms with Crippen molar-refractivity contribution in [3.05, 3.63) is 285 Å². The van der Waals surface area contributed by atoms with Gasteiger partial charge in [0.25, 0.3) is 11.8 Å². The monoisotopic (exact) mass is 1440 g/mol. The number of benzene rings is 6. The van der Waals surface area contributed by atoms with Crippen molar-refractivity contribution in [1.82, 2.24) is 54.2 Å². The maximum Gasteiger partial charge on any atom is 0.335 e. The molecule has 12 aromatic rings. The highest BCUT2D eigenvalue weighted by atomic mass is 32.2. The zero-order valence-electron chi connectivity index (χ0n) is 55.3. The van der Waals surface area contributed by atoms with E-state index in [4.69, 9.17) is 4.74 Å². The van der Waals surface area contributed by atoms with Crippen molar-refractivity contribution in [2.75, 3.05) is 31.1 Å². The third-order valence-electron chi connectivity index (χ3n) is 15.6. The second kappa shape index (κ2) is 37.3. The Bertz CT molecular complexity index is 4710. The molecule has 0 aliphatic heterocycles. The minimum atomic E-state index is -1.04. The molecule has 4 N–H and O–H groups in total. The van der Waals surface area contributed by atoms with Crippen LogP contribution >= 0.6 is 57.5 Å². The van der Waals surface area contributed by atoms with E-state index in [1.165, 1.54) is 7.11 Å². The first-order chi connectivity index (χ1) is 49.3. The normalized spacial score (nSPS) is 12.0. The van der Waals surface area contributed by atoms with Crippen molar-refractivity contribution in [2.24, 2.45) is 0 Å². The van der Waals surface area contributed by atoms with Gasteiger partial charge < -0.3 is 39.3 Å². The fourth-order valence-electron chi connectivity index (χ4n) is 10.7. The number of thiazole rings is 3. The number of rotatable bonds is 28. The molecule has 101 heavy (non-hydrogen) atoms. The fourth-order valence-corrected chi connectivity index (χ4v) is 13.6. The van der Waals surface area contributed by atoms with Gasteiger partial charge in [0, 0.05) is 99.8 Å². The van der Waals surface area contributed by atoms with Crippen molar-refractivity contribution in [3.8, 4) is 33.4 Å². The molecule has 2 amide bonds. The Balaban J connectivity index is 0.000000165. The molecule has 6 heterocycles. The molecule has 0 aliphatic rings. The molecule has 12 rings (SSSR count). The van der Waals surface area contributed by atoms with Gasteiger partial charge in [-0.2, -0.15) is 23.5 Å². The smallest absolute Gasteiger partial charge is 0.335 e. The molecule has 6 aromatic carbocycles. The number of amides is 2. The molecular weight excluding hydrogens is 1370 g/mol. The minimum absolute atomic E-state index is 0.258. The summed E-state index contributed by atoms with van der Waals surface area (Å²) in [5.41, 5.74) is 12.0. The Hall–Kier alpha value is -10.9. The molecule has 0 aliphatic carbocycles. The lowest BCUT2D eigenvalue weighted by Gasteiger charge is -2.18. The maximum absolute atomic E-state index is 13.4. The first-order valence-electron chi connectivity index (χ1n) is 31.7. The summed E-state index contributed by atoms with van der Waals surface area (Å²) in [5.74, 6) is -1.78. The number of aromatic nitrogens is 9. The number of methoxy groups -OCH3 is 1. The number of nitrogens with zero attached hydrogens (tertiary/aromatic N) is 9. The molecule has 6 aromatic heterocycles. The highest BCUT2D eigenvalue weighted by molar-refractivity contribution is 7.98. The van der Waals surface area contributed by atoms with Gasteiger partial charge >= 0.3 is 17.9 Å². The standard InChI is InChI=1S/C28H28N4O3S2.C27H26N4O3S2.C22H17N3O2S/c1-35-28(34)25(10-14-36-2)31-26(33)23-9-8-20(17-24(23)21-6-4-3-5-7-21)16-22(27-30-12-15-37-27)18-32-13-11-29-19-32;1-35-13-9-24(27(33)34)30-25(32)22-8-7-19(16-23(22)20-5-3-2-4-6-20)15-21(26-29-11-14-36-26)17-31-12-10-28-18-31;26-22(27)19-11-16(10-18(13-19)17-4-2-1-3-5-17)12-20(21-24-7-9-28-21)14-25-8-6-23-15-25/h3-9,11-13,15-17,19,25H,10,14,18H2,1-2H3,(H,31,33);2-8,10-12,14-16,18,24H,9,13,17H2,1H3,(H,30,32)(H,33,34);1-13,15H,14H2,(H,26,27)/b22-16-;21-15-;20-12-/t25-;24-;/m00./s1.